The number of benzene rings is 1. The molecule has 1 aromatic carbocycles. The molecule has 0 bridgehead atoms. The Morgan fingerprint density at radius 1 is 1.14 bits per heavy atom. The number of hydrogen-bond acceptors (Lipinski definition) is 2. The third-order valence-corrected chi connectivity index (χ3v) is 5.29. The molecule has 0 aliphatic carbocycles. The van der Waals surface area contributed by atoms with Gasteiger partial charge in [-0.05, 0) is 29.8 Å². The molecule has 0 N–H and O–H groups in total. The highest BCUT2D eigenvalue weighted by Crippen LogP contribution is 2.33. The van der Waals surface area contributed by atoms with Crippen molar-refractivity contribution in [3.63, 3.8) is 0 Å². The van der Waals surface area contributed by atoms with Crippen LogP contribution >= 0.6 is 15.9 Å². The highest BCUT2D eigenvalue weighted by molar-refractivity contribution is 9.10. The number of rotatable bonds is 4. The van der Waals surface area contributed by atoms with E-state index in [0.717, 1.165) is 16.2 Å². The number of nitrogens with zero attached hydrogens (tertiary/aromatic N) is 4. The van der Waals surface area contributed by atoms with Crippen LogP contribution in [0.1, 0.15) is 16.7 Å². The second-order valence-corrected chi connectivity index (χ2v) is 7.69. The van der Waals surface area contributed by atoms with Crippen LogP contribution in [0.5, 0.6) is 0 Å². The monoisotopic (exact) mass is 464 g/mol. The van der Waals surface area contributed by atoms with Gasteiger partial charge in [-0.2, -0.15) is 13.2 Å². The van der Waals surface area contributed by atoms with Crippen molar-refractivity contribution in [2.45, 2.75) is 19.3 Å². The molecule has 0 unspecified atom stereocenters. The quantitative estimate of drug-likeness (QED) is 0.448. The van der Waals surface area contributed by atoms with E-state index < -0.39 is 11.7 Å². The van der Waals surface area contributed by atoms with Gasteiger partial charge in [0.1, 0.15) is 0 Å². The van der Waals surface area contributed by atoms with E-state index in [2.05, 4.69) is 20.9 Å². The maximum atomic E-state index is 13.7. The molecule has 0 radical (unpaired) electrons. The Kier molecular flexibility index (Phi) is 4.85. The fourth-order valence-corrected chi connectivity index (χ4v) is 3.78. The van der Waals surface area contributed by atoms with Crippen molar-refractivity contribution < 1.29 is 13.2 Å². The average molecular weight is 465 g/mol. The van der Waals surface area contributed by atoms with E-state index in [4.69, 9.17) is 0 Å². The van der Waals surface area contributed by atoms with Gasteiger partial charge >= 0.3 is 6.18 Å². The fraction of sp³-hybridized carbons (Fsp3) is 0.200. The second kappa shape index (κ2) is 7.22. The predicted octanol–water partition coefficient (Wildman–Crippen LogP) is 4.41. The molecule has 0 amide bonds. The summed E-state index contributed by atoms with van der Waals surface area (Å²) in [6, 6.07) is 8.68. The minimum atomic E-state index is -4.50. The topological polar surface area (TPSA) is 44.8 Å². The van der Waals surface area contributed by atoms with Crippen molar-refractivity contribution in [3.8, 4) is 0 Å². The van der Waals surface area contributed by atoms with Crippen LogP contribution in [0.4, 0.5) is 13.2 Å². The first-order valence-electron chi connectivity index (χ1n) is 8.74. The van der Waals surface area contributed by atoms with Crippen molar-refractivity contribution in [2.24, 2.45) is 7.05 Å². The summed E-state index contributed by atoms with van der Waals surface area (Å²) < 4.78 is 46.2. The minimum Gasteiger partial charge on any atom is -0.349 e. The summed E-state index contributed by atoms with van der Waals surface area (Å²) in [5.74, 6) is 0. The molecule has 0 saturated heterocycles. The molecule has 0 saturated carbocycles. The van der Waals surface area contributed by atoms with Gasteiger partial charge in [0, 0.05) is 48.4 Å². The lowest BCUT2D eigenvalue weighted by atomic mass is 10.2. The van der Waals surface area contributed by atoms with Gasteiger partial charge in [0.15, 0.2) is 0 Å². The van der Waals surface area contributed by atoms with Crippen molar-refractivity contribution in [3.05, 3.63) is 86.6 Å². The molecule has 9 heteroatoms. The first-order chi connectivity index (χ1) is 13.7. The smallest absolute Gasteiger partial charge is 0.349 e. The fourth-order valence-electron chi connectivity index (χ4n) is 3.43. The number of aromatic nitrogens is 4. The summed E-state index contributed by atoms with van der Waals surface area (Å²) in [4.78, 5) is 16.5. The van der Waals surface area contributed by atoms with E-state index in [9.17, 15) is 18.0 Å². The van der Waals surface area contributed by atoms with Gasteiger partial charge < -0.3 is 4.57 Å². The van der Waals surface area contributed by atoms with E-state index in [0.29, 0.717) is 10.9 Å². The van der Waals surface area contributed by atoms with Gasteiger partial charge in [0.05, 0.1) is 23.0 Å². The number of pyridine rings is 1. The molecule has 3 heterocycles. The lowest BCUT2D eigenvalue weighted by Crippen LogP contribution is -2.20. The number of halogens is 4. The van der Waals surface area contributed by atoms with E-state index in [1.54, 1.807) is 54.5 Å². The van der Waals surface area contributed by atoms with Crippen LogP contribution in [0.15, 0.2) is 64.4 Å². The van der Waals surface area contributed by atoms with E-state index >= 15 is 0 Å². The van der Waals surface area contributed by atoms with Gasteiger partial charge in [-0.15, -0.1) is 0 Å². The molecular formula is C20H16BrF3N4O. The van der Waals surface area contributed by atoms with Crippen LogP contribution < -0.4 is 5.56 Å². The Bertz CT molecular complexity index is 1240. The molecule has 4 rings (SSSR count). The average Bonchev–Trinajstić information content (AvgIpc) is 3.17. The molecule has 150 valence electrons. The summed E-state index contributed by atoms with van der Waals surface area (Å²) in [6.07, 6.45) is 1.30. The van der Waals surface area contributed by atoms with Crippen LogP contribution in [0, 0.1) is 0 Å². The van der Waals surface area contributed by atoms with Crippen LogP contribution in [0.2, 0.25) is 0 Å². The van der Waals surface area contributed by atoms with Gasteiger partial charge in [0.2, 0.25) is 0 Å². The van der Waals surface area contributed by atoms with Crippen molar-refractivity contribution in [1.29, 1.82) is 0 Å². The maximum absolute atomic E-state index is 13.7. The third-order valence-electron chi connectivity index (χ3n) is 4.80. The third kappa shape index (κ3) is 3.74. The van der Waals surface area contributed by atoms with Crippen LogP contribution in [-0.4, -0.2) is 18.9 Å². The Balaban J connectivity index is 1.79. The molecule has 3 aromatic heterocycles. The molecule has 0 spiro atoms. The summed E-state index contributed by atoms with van der Waals surface area (Å²) >= 11 is 3.36. The summed E-state index contributed by atoms with van der Waals surface area (Å²) in [5, 5.41) is 0.457. The van der Waals surface area contributed by atoms with Gasteiger partial charge in [-0.25, -0.2) is 0 Å². The Hall–Kier alpha value is -2.81. The number of fused-ring (bicyclic) bond motifs is 1. The maximum Gasteiger partial charge on any atom is 0.418 e. The second-order valence-electron chi connectivity index (χ2n) is 6.78. The van der Waals surface area contributed by atoms with Crippen LogP contribution in [0.3, 0.4) is 0 Å². The molecule has 0 fully saturated rings. The minimum absolute atomic E-state index is 0.0828. The zero-order valence-corrected chi connectivity index (χ0v) is 16.9. The Morgan fingerprint density at radius 2 is 1.93 bits per heavy atom. The van der Waals surface area contributed by atoms with E-state index in [-0.39, 0.29) is 24.2 Å². The van der Waals surface area contributed by atoms with Crippen LogP contribution in [0.25, 0.3) is 10.9 Å². The molecule has 0 atom stereocenters. The zero-order valence-electron chi connectivity index (χ0n) is 15.3. The molecule has 0 aliphatic heterocycles. The molecule has 0 aliphatic rings. The molecule has 4 aromatic rings. The Morgan fingerprint density at radius 3 is 2.62 bits per heavy atom. The van der Waals surface area contributed by atoms with Crippen molar-refractivity contribution >= 4 is 26.8 Å². The Labute approximate surface area is 172 Å². The standard InChI is InChI=1S/C20H16BrF3N4O/c1-26-19(29)16-5-4-15(21)7-18(16)28(26)11-14-10-27(12-17(14)20(22,23)24)9-13-3-2-6-25-8-13/h2-8,10,12H,9,11H2,1H3. The molecule has 29 heavy (non-hydrogen) atoms. The normalized spacial score (nSPS) is 12.0. The van der Waals surface area contributed by atoms with Gasteiger partial charge in [0.25, 0.3) is 5.56 Å². The number of alkyl halides is 3. The van der Waals surface area contributed by atoms with Gasteiger partial charge in [-0.3, -0.25) is 19.1 Å². The van der Waals surface area contributed by atoms with Crippen molar-refractivity contribution in [1.82, 2.24) is 18.9 Å². The summed E-state index contributed by atoms with van der Waals surface area (Å²) in [5.41, 5.74) is 0.487. The molecular weight excluding hydrogens is 449 g/mol. The van der Waals surface area contributed by atoms with Gasteiger partial charge in [-0.1, -0.05) is 22.0 Å². The molecule has 5 nitrogen and oxygen atoms in total. The lowest BCUT2D eigenvalue weighted by molar-refractivity contribution is -0.138. The summed E-state index contributed by atoms with van der Waals surface area (Å²) in [7, 11) is 1.55. The van der Waals surface area contributed by atoms with E-state index in [1.807, 2.05) is 0 Å². The largest absolute Gasteiger partial charge is 0.418 e. The first kappa shape index (κ1) is 19.5. The summed E-state index contributed by atoms with van der Waals surface area (Å²) in [6.45, 7) is 0.189. The van der Waals surface area contributed by atoms with Crippen molar-refractivity contribution in [2.75, 3.05) is 0 Å². The lowest BCUT2D eigenvalue weighted by Gasteiger charge is -2.11. The SMILES string of the molecule is Cn1c(=O)c2ccc(Br)cc2n1Cc1cn(Cc2cccnc2)cc1C(F)(F)F. The zero-order chi connectivity index (χ0) is 20.8. The predicted molar refractivity (Wildman–Crippen MR) is 107 cm³/mol. The highest BCUT2D eigenvalue weighted by Gasteiger charge is 2.35. The first-order valence-corrected chi connectivity index (χ1v) is 9.53. The van der Waals surface area contributed by atoms with E-state index in [1.165, 1.54) is 15.4 Å². The highest BCUT2D eigenvalue weighted by atomic mass is 79.9. The number of hydrogen-bond donors (Lipinski definition) is 0. The van der Waals surface area contributed by atoms with Crippen LogP contribution in [-0.2, 0) is 26.3 Å².